The maximum Gasteiger partial charge on any atom is 0.232 e. The molecule has 1 aromatic carbocycles. The fourth-order valence-electron chi connectivity index (χ4n) is 2.85. The smallest absolute Gasteiger partial charge is 0.232 e. The first-order valence-electron chi connectivity index (χ1n) is 7.26. The van der Waals surface area contributed by atoms with Gasteiger partial charge in [0.05, 0.1) is 27.1 Å². The summed E-state index contributed by atoms with van der Waals surface area (Å²) in [6.07, 6.45) is 0.177. The number of likely N-dealkylation sites (tertiary alicyclic amines) is 1. The molecule has 1 heterocycles. The van der Waals surface area contributed by atoms with Crippen LogP contribution < -0.4 is 14.2 Å². The molecule has 134 valence electrons. The zero-order valence-corrected chi connectivity index (χ0v) is 15.3. The summed E-state index contributed by atoms with van der Waals surface area (Å²) >= 11 is 0. The number of carbonyl (C=O) groups excluding carboxylic acids is 1. The van der Waals surface area contributed by atoms with Gasteiger partial charge in [0, 0.05) is 36.1 Å². The van der Waals surface area contributed by atoms with Crippen LogP contribution in [0, 0.1) is 5.92 Å². The Labute approximate surface area is 145 Å². The molecule has 1 aromatic rings. The number of ether oxygens (including phenoxy) is 3. The van der Waals surface area contributed by atoms with Crippen LogP contribution in [0.2, 0.25) is 0 Å². The van der Waals surface area contributed by atoms with E-state index in [9.17, 15) is 13.2 Å². The van der Waals surface area contributed by atoms with E-state index in [0.717, 1.165) is 5.56 Å². The minimum absolute atomic E-state index is 0.103. The summed E-state index contributed by atoms with van der Waals surface area (Å²) in [5, 5.41) is 0. The van der Waals surface area contributed by atoms with Crippen molar-refractivity contribution in [3.05, 3.63) is 17.7 Å². The van der Waals surface area contributed by atoms with Crippen molar-refractivity contribution in [1.29, 1.82) is 0 Å². The standard InChI is InChI=1S/C15H20ClNO6S/c1-21-12-4-10(5-13(22-2)15(12)23-3)7-17-8-11(6-14(17)18)9-24(16,19)20/h4-5,11H,6-9H2,1-3H3. The van der Waals surface area contributed by atoms with Gasteiger partial charge < -0.3 is 19.1 Å². The Morgan fingerprint density at radius 2 is 1.75 bits per heavy atom. The Morgan fingerprint density at radius 3 is 2.21 bits per heavy atom. The van der Waals surface area contributed by atoms with Crippen molar-refractivity contribution in [3.8, 4) is 17.2 Å². The monoisotopic (exact) mass is 377 g/mol. The van der Waals surface area contributed by atoms with Crippen molar-refractivity contribution in [2.24, 2.45) is 5.92 Å². The Kier molecular flexibility index (Phi) is 5.82. The van der Waals surface area contributed by atoms with Crippen LogP contribution in [0.5, 0.6) is 17.2 Å². The molecule has 9 heteroatoms. The van der Waals surface area contributed by atoms with E-state index >= 15 is 0 Å². The maximum atomic E-state index is 12.1. The van der Waals surface area contributed by atoms with Gasteiger partial charge in [-0.1, -0.05) is 0 Å². The number of methoxy groups -OCH3 is 3. The Bertz CT molecular complexity index is 696. The van der Waals surface area contributed by atoms with Crippen LogP contribution in [0.3, 0.4) is 0 Å². The minimum atomic E-state index is -3.62. The summed E-state index contributed by atoms with van der Waals surface area (Å²) in [5.74, 6) is 0.877. The predicted octanol–water partition coefficient (Wildman–Crippen LogP) is 1.63. The largest absolute Gasteiger partial charge is 0.493 e. The highest BCUT2D eigenvalue weighted by molar-refractivity contribution is 8.13. The molecule has 1 atom stereocenters. The Hall–Kier alpha value is -1.67. The molecule has 0 spiro atoms. The number of hydrogen-bond donors (Lipinski definition) is 0. The molecular formula is C15H20ClNO6S. The highest BCUT2D eigenvalue weighted by Gasteiger charge is 2.32. The first-order valence-corrected chi connectivity index (χ1v) is 9.74. The third-order valence-electron chi connectivity index (χ3n) is 3.83. The average molecular weight is 378 g/mol. The third kappa shape index (κ3) is 4.45. The van der Waals surface area contributed by atoms with Gasteiger partial charge in [0.1, 0.15) is 0 Å². The summed E-state index contributed by atoms with van der Waals surface area (Å²) in [6.45, 7) is 0.676. The summed E-state index contributed by atoms with van der Waals surface area (Å²) in [5.41, 5.74) is 0.798. The van der Waals surface area contributed by atoms with Gasteiger partial charge in [-0.05, 0) is 17.7 Å². The van der Waals surface area contributed by atoms with E-state index in [2.05, 4.69) is 0 Å². The molecule has 1 unspecified atom stereocenters. The van der Waals surface area contributed by atoms with Crippen molar-refractivity contribution in [1.82, 2.24) is 4.90 Å². The maximum absolute atomic E-state index is 12.1. The summed E-state index contributed by atoms with van der Waals surface area (Å²) < 4.78 is 38.2. The van der Waals surface area contributed by atoms with Crippen LogP contribution in [0.15, 0.2) is 12.1 Å². The van der Waals surface area contributed by atoms with Gasteiger partial charge in [-0.2, -0.15) is 0 Å². The van der Waals surface area contributed by atoms with Gasteiger partial charge in [0.15, 0.2) is 11.5 Å². The van der Waals surface area contributed by atoms with Crippen molar-refractivity contribution in [2.45, 2.75) is 13.0 Å². The molecule has 0 bridgehead atoms. The molecule has 1 amide bonds. The molecule has 0 aromatic heterocycles. The molecule has 1 saturated heterocycles. The molecule has 0 aliphatic carbocycles. The average Bonchev–Trinajstić information content (AvgIpc) is 2.83. The van der Waals surface area contributed by atoms with Gasteiger partial charge in [-0.25, -0.2) is 8.42 Å². The van der Waals surface area contributed by atoms with Gasteiger partial charge in [0.2, 0.25) is 20.7 Å². The lowest BCUT2D eigenvalue weighted by molar-refractivity contribution is -0.128. The second-order valence-corrected chi connectivity index (χ2v) is 8.41. The van der Waals surface area contributed by atoms with Gasteiger partial charge >= 0.3 is 0 Å². The number of benzene rings is 1. The van der Waals surface area contributed by atoms with Crippen molar-refractivity contribution < 1.29 is 27.4 Å². The molecule has 0 radical (unpaired) electrons. The lowest BCUT2D eigenvalue weighted by Crippen LogP contribution is -2.25. The fourth-order valence-corrected chi connectivity index (χ4v) is 4.17. The quantitative estimate of drug-likeness (QED) is 0.672. The minimum Gasteiger partial charge on any atom is -0.493 e. The van der Waals surface area contributed by atoms with Crippen molar-refractivity contribution >= 4 is 25.6 Å². The van der Waals surface area contributed by atoms with Crippen LogP contribution in [0.1, 0.15) is 12.0 Å². The van der Waals surface area contributed by atoms with E-state index in [0.29, 0.717) is 30.3 Å². The first kappa shape index (κ1) is 18.7. The molecule has 24 heavy (non-hydrogen) atoms. The van der Waals surface area contributed by atoms with Gasteiger partial charge in [-0.3, -0.25) is 4.79 Å². The number of halogens is 1. The number of carbonyl (C=O) groups is 1. The second kappa shape index (κ2) is 7.48. The number of rotatable bonds is 7. The first-order chi connectivity index (χ1) is 11.3. The van der Waals surface area contributed by atoms with Crippen LogP contribution in [0.25, 0.3) is 0 Å². The van der Waals surface area contributed by atoms with Crippen LogP contribution in [0.4, 0.5) is 0 Å². The van der Waals surface area contributed by atoms with E-state index in [1.165, 1.54) is 21.3 Å². The number of nitrogens with zero attached hydrogens (tertiary/aromatic N) is 1. The van der Waals surface area contributed by atoms with E-state index < -0.39 is 9.05 Å². The lowest BCUT2D eigenvalue weighted by atomic mass is 10.1. The fraction of sp³-hybridized carbons (Fsp3) is 0.533. The van der Waals surface area contributed by atoms with Gasteiger partial charge in [-0.15, -0.1) is 0 Å². The molecule has 0 saturated carbocycles. The molecule has 7 nitrogen and oxygen atoms in total. The van der Waals surface area contributed by atoms with Crippen molar-refractivity contribution in [2.75, 3.05) is 33.6 Å². The van der Waals surface area contributed by atoms with E-state index in [1.807, 2.05) is 0 Å². The van der Waals surface area contributed by atoms with Crippen LogP contribution in [-0.2, 0) is 20.4 Å². The normalized spacial score (nSPS) is 17.9. The van der Waals surface area contributed by atoms with Crippen molar-refractivity contribution in [3.63, 3.8) is 0 Å². The van der Waals surface area contributed by atoms with E-state index in [1.54, 1.807) is 17.0 Å². The SMILES string of the molecule is COc1cc(CN2CC(CS(=O)(=O)Cl)CC2=O)cc(OC)c1OC. The molecule has 2 rings (SSSR count). The highest BCUT2D eigenvalue weighted by Crippen LogP contribution is 2.38. The van der Waals surface area contributed by atoms with Gasteiger partial charge in [0.25, 0.3) is 0 Å². The molecule has 1 aliphatic rings. The van der Waals surface area contributed by atoms with E-state index in [4.69, 9.17) is 24.9 Å². The predicted molar refractivity (Wildman–Crippen MR) is 89.3 cm³/mol. The lowest BCUT2D eigenvalue weighted by Gasteiger charge is -2.19. The summed E-state index contributed by atoms with van der Waals surface area (Å²) in [6, 6.07) is 3.53. The molecular weight excluding hydrogens is 358 g/mol. The zero-order chi connectivity index (χ0) is 17.9. The molecule has 1 fully saturated rings. The summed E-state index contributed by atoms with van der Waals surface area (Å²) in [7, 11) is 6.21. The second-order valence-electron chi connectivity index (χ2n) is 5.58. The number of hydrogen-bond acceptors (Lipinski definition) is 6. The van der Waals surface area contributed by atoms with Crippen LogP contribution in [-0.4, -0.2) is 52.9 Å². The molecule has 0 N–H and O–H groups in total. The highest BCUT2D eigenvalue weighted by atomic mass is 35.7. The number of amides is 1. The third-order valence-corrected chi connectivity index (χ3v) is 5.07. The summed E-state index contributed by atoms with van der Waals surface area (Å²) in [4.78, 5) is 13.7. The topological polar surface area (TPSA) is 82.1 Å². The zero-order valence-electron chi connectivity index (χ0n) is 13.7. The Morgan fingerprint density at radius 1 is 1.17 bits per heavy atom. The van der Waals surface area contributed by atoms with Crippen LogP contribution >= 0.6 is 10.7 Å². The molecule has 1 aliphatic heterocycles. The van der Waals surface area contributed by atoms with E-state index in [-0.39, 0.29) is 24.0 Å². The Balaban J connectivity index is 2.17.